The fraction of sp³-hybridized carbons (Fsp3) is 0.182. The summed E-state index contributed by atoms with van der Waals surface area (Å²) in [5, 5.41) is 26.7. The molecule has 0 bridgehead atoms. The normalized spacial score (nSPS) is 11.6. The molecule has 0 heterocycles. The van der Waals surface area contributed by atoms with Crippen LogP contribution in [0.4, 0.5) is 0 Å². The van der Waals surface area contributed by atoms with E-state index in [0.29, 0.717) is 11.8 Å². The highest BCUT2D eigenvalue weighted by Crippen LogP contribution is 2.22. The molecule has 0 saturated heterocycles. The van der Waals surface area contributed by atoms with Crippen LogP contribution < -0.4 is 0 Å². The van der Waals surface area contributed by atoms with Gasteiger partial charge in [0, 0.05) is 11.1 Å². The van der Waals surface area contributed by atoms with Crippen LogP contribution in [0, 0.1) is 18.3 Å². The molecule has 2 N–H and O–H groups in total. The van der Waals surface area contributed by atoms with Gasteiger partial charge < -0.3 is 10.2 Å². The first-order valence-corrected chi connectivity index (χ1v) is 4.42. The highest BCUT2D eigenvalue weighted by molar-refractivity contribution is 5.85. The Bertz CT molecular complexity index is 487. The SMILES string of the molecule is Cc1c(C#N)ccc(C(O)C(=O)O)c1C=O. The molecule has 1 atom stereocenters. The Labute approximate surface area is 91.6 Å². The molecule has 0 aromatic heterocycles. The van der Waals surface area contributed by atoms with Gasteiger partial charge in [-0.1, -0.05) is 6.07 Å². The number of hydrogen-bond donors (Lipinski definition) is 2. The third kappa shape index (κ3) is 1.92. The van der Waals surface area contributed by atoms with Gasteiger partial charge in [0.1, 0.15) is 0 Å². The number of aliphatic hydroxyl groups excluding tert-OH is 1. The van der Waals surface area contributed by atoms with Gasteiger partial charge in [0.15, 0.2) is 12.4 Å². The number of aliphatic carboxylic acids is 1. The van der Waals surface area contributed by atoms with Crippen molar-refractivity contribution in [2.45, 2.75) is 13.0 Å². The molecular weight excluding hydrogens is 210 g/mol. The molecule has 1 aromatic carbocycles. The standard InChI is InChI=1S/C11H9NO4/c1-6-7(4-12)2-3-8(9(6)5-13)10(14)11(15)16/h2-3,5,10,14H,1H3,(H,15,16). The molecule has 0 aliphatic heterocycles. The number of nitriles is 1. The van der Waals surface area contributed by atoms with E-state index in [0.717, 1.165) is 0 Å². The van der Waals surface area contributed by atoms with Gasteiger partial charge in [-0.15, -0.1) is 0 Å². The third-order valence-electron chi connectivity index (χ3n) is 2.32. The number of rotatable bonds is 3. The number of hydrogen-bond acceptors (Lipinski definition) is 4. The van der Waals surface area contributed by atoms with Crippen molar-refractivity contribution in [3.63, 3.8) is 0 Å². The van der Waals surface area contributed by atoms with E-state index in [2.05, 4.69) is 0 Å². The number of carboxylic acid groups (broad SMARTS) is 1. The summed E-state index contributed by atoms with van der Waals surface area (Å²) in [6.07, 6.45) is -1.32. The minimum Gasteiger partial charge on any atom is -0.479 e. The second-order valence-electron chi connectivity index (χ2n) is 3.21. The molecule has 82 valence electrons. The average Bonchev–Trinajstić information content (AvgIpc) is 2.27. The third-order valence-corrected chi connectivity index (χ3v) is 2.32. The largest absolute Gasteiger partial charge is 0.479 e. The van der Waals surface area contributed by atoms with Crippen LogP contribution in [0.5, 0.6) is 0 Å². The Morgan fingerprint density at radius 3 is 2.62 bits per heavy atom. The van der Waals surface area contributed by atoms with Crippen molar-refractivity contribution in [2.75, 3.05) is 0 Å². The van der Waals surface area contributed by atoms with E-state index in [9.17, 15) is 14.7 Å². The lowest BCUT2D eigenvalue weighted by Crippen LogP contribution is -2.13. The molecule has 5 heteroatoms. The highest BCUT2D eigenvalue weighted by atomic mass is 16.4. The maximum Gasteiger partial charge on any atom is 0.337 e. The molecule has 1 rings (SSSR count). The summed E-state index contributed by atoms with van der Waals surface area (Å²) in [5.41, 5.74) is 0.701. The van der Waals surface area contributed by atoms with Crippen LogP contribution in [0.2, 0.25) is 0 Å². The second-order valence-corrected chi connectivity index (χ2v) is 3.21. The highest BCUT2D eigenvalue weighted by Gasteiger charge is 2.21. The van der Waals surface area contributed by atoms with Crippen molar-refractivity contribution in [1.29, 1.82) is 5.26 Å². The monoisotopic (exact) mass is 219 g/mol. The van der Waals surface area contributed by atoms with Gasteiger partial charge in [0.2, 0.25) is 0 Å². The molecule has 1 aromatic rings. The topological polar surface area (TPSA) is 98.4 Å². The van der Waals surface area contributed by atoms with Crippen LogP contribution in [-0.4, -0.2) is 22.5 Å². The zero-order valence-corrected chi connectivity index (χ0v) is 8.47. The predicted octanol–water partition coefficient (Wildman–Crippen LogP) is 0.797. The van der Waals surface area contributed by atoms with E-state index >= 15 is 0 Å². The Morgan fingerprint density at radius 1 is 1.56 bits per heavy atom. The van der Waals surface area contributed by atoms with Gasteiger partial charge in [-0.2, -0.15) is 5.26 Å². The van der Waals surface area contributed by atoms with E-state index in [1.807, 2.05) is 6.07 Å². The zero-order chi connectivity index (χ0) is 12.3. The Morgan fingerprint density at radius 2 is 2.19 bits per heavy atom. The Balaban J connectivity index is 3.44. The molecule has 0 radical (unpaired) electrons. The molecule has 5 nitrogen and oxygen atoms in total. The van der Waals surface area contributed by atoms with E-state index < -0.39 is 12.1 Å². The molecular formula is C11H9NO4. The first-order chi connectivity index (χ1) is 7.52. The van der Waals surface area contributed by atoms with Crippen molar-refractivity contribution in [1.82, 2.24) is 0 Å². The van der Waals surface area contributed by atoms with Gasteiger partial charge >= 0.3 is 5.97 Å². The molecule has 1 unspecified atom stereocenters. The van der Waals surface area contributed by atoms with Gasteiger partial charge in [0.25, 0.3) is 0 Å². The number of aldehydes is 1. The fourth-order valence-electron chi connectivity index (χ4n) is 1.40. The summed E-state index contributed by atoms with van der Waals surface area (Å²) in [7, 11) is 0. The molecule has 16 heavy (non-hydrogen) atoms. The number of aliphatic hydroxyl groups is 1. The maximum atomic E-state index is 10.8. The van der Waals surface area contributed by atoms with Crippen molar-refractivity contribution in [2.24, 2.45) is 0 Å². The quantitative estimate of drug-likeness (QED) is 0.732. The Kier molecular flexibility index (Phi) is 3.38. The first-order valence-electron chi connectivity index (χ1n) is 4.42. The smallest absolute Gasteiger partial charge is 0.337 e. The number of nitrogens with zero attached hydrogens (tertiary/aromatic N) is 1. The summed E-state index contributed by atoms with van der Waals surface area (Å²) >= 11 is 0. The van der Waals surface area contributed by atoms with Crippen molar-refractivity contribution in [3.05, 3.63) is 34.4 Å². The maximum absolute atomic E-state index is 10.8. The van der Waals surface area contributed by atoms with Crippen molar-refractivity contribution >= 4 is 12.3 Å². The first kappa shape index (κ1) is 11.9. The van der Waals surface area contributed by atoms with E-state index in [4.69, 9.17) is 10.4 Å². The van der Waals surface area contributed by atoms with Crippen molar-refractivity contribution in [3.8, 4) is 6.07 Å². The van der Waals surface area contributed by atoms with Crippen LogP contribution >= 0.6 is 0 Å². The van der Waals surface area contributed by atoms with Gasteiger partial charge in [-0.3, -0.25) is 4.79 Å². The van der Waals surface area contributed by atoms with Crippen LogP contribution in [0.1, 0.15) is 33.2 Å². The summed E-state index contributed by atoms with van der Waals surface area (Å²) in [6, 6.07) is 4.53. The minimum absolute atomic E-state index is 0.000926. The van der Waals surface area contributed by atoms with Gasteiger partial charge in [0.05, 0.1) is 11.6 Å². The number of benzene rings is 1. The zero-order valence-electron chi connectivity index (χ0n) is 8.47. The molecule has 0 saturated carbocycles. The van der Waals surface area contributed by atoms with Crippen molar-refractivity contribution < 1.29 is 19.8 Å². The number of carbonyl (C=O) groups is 2. The lowest BCUT2D eigenvalue weighted by Gasteiger charge is -2.11. The van der Waals surface area contributed by atoms with Crippen LogP contribution in [0.15, 0.2) is 12.1 Å². The summed E-state index contributed by atoms with van der Waals surface area (Å²) in [4.78, 5) is 21.4. The van der Waals surface area contributed by atoms with E-state index in [1.165, 1.54) is 19.1 Å². The molecule has 0 spiro atoms. The molecule has 0 aliphatic rings. The lowest BCUT2D eigenvalue weighted by molar-refractivity contribution is -0.146. The summed E-state index contributed by atoms with van der Waals surface area (Å²) in [6.45, 7) is 1.53. The fourth-order valence-corrected chi connectivity index (χ4v) is 1.40. The summed E-state index contributed by atoms with van der Waals surface area (Å²) < 4.78 is 0. The van der Waals surface area contributed by atoms with E-state index in [1.54, 1.807) is 0 Å². The Hall–Kier alpha value is -2.19. The average molecular weight is 219 g/mol. The van der Waals surface area contributed by atoms with Crippen LogP contribution in [0.3, 0.4) is 0 Å². The van der Waals surface area contributed by atoms with Crippen LogP contribution in [0.25, 0.3) is 0 Å². The minimum atomic E-state index is -1.76. The number of carbonyl (C=O) groups excluding carboxylic acids is 1. The predicted molar refractivity (Wildman–Crippen MR) is 53.9 cm³/mol. The van der Waals surface area contributed by atoms with E-state index in [-0.39, 0.29) is 16.7 Å². The summed E-state index contributed by atoms with van der Waals surface area (Å²) in [5.74, 6) is -1.44. The molecule has 0 aliphatic carbocycles. The van der Waals surface area contributed by atoms with Gasteiger partial charge in [-0.05, 0) is 18.6 Å². The van der Waals surface area contributed by atoms with Crippen LogP contribution in [-0.2, 0) is 4.79 Å². The molecule has 0 fully saturated rings. The lowest BCUT2D eigenvalue weighted by atomic mass is 9.95. The second kappa shape index (κ2) is 4.55. The molecule has 0 amide bonds. The number of carboxylic acids is 1. The van der Waals surface area contributed by atoms with Gasteiger partial charge in [-0.25, -0.2) is 4.79 Å².